The number of para-hydroxylation sites is 1. The van der Waals surface area contributed by atoms with Crippen molar-refractivity contribution in [2.45, 2.75) is 19.1 Å². The van der Waals surface area contributed by atoms with Crippen LogP contribution in [0.4, 0.5) is 10.1 Å². The number of thiazole rings is 1. The number of halogens is 1. The van der Waals surface area contributed by atoms with E-state index in [0.29, 0.717) is 27.5 Å². The van der Waals surface area contributed by atoms with Crippen molar-refractivity contribution in [3.8, 4) is 21.8 Å². The van der Waals surface area contributed by atoms with Crippen LogP contribution in [0.1, 0.15) is 13.8 Å². The summed E-state index contributed by atoms with van der Waals surface area (Å²) in [5, 5.41) is 1.80. The predicted octanol–water partition coefficient (Wildman–Crippen LogP) is 4.77. The first-order valence-corrected chi connectivity index (χ1v) is 10.1. The lowest BCUT2D eigenvalue weighted by atomic mass is 10.1. The maximum Gasteiger partial charge on any atom is 0.235 e. The number of anilines is 1. The van der Waals surface area contributed by atoms with Crippen molar-refractivity contribution >= 4 is 27.0 Å². The van der Waals surface area contributed by atoms with Gasteiger partial charge in [-0.1, -0.05) is 30.3 Å². The van der Waals surface area contributed by atoms with E-state index in [0.717, 1.165) is 0 Å². The molecule has 3 rings (SSSR count). The van der Waals surface area contributed by atoms with Gasteiger partial charge in [-0.2, -0.15) is 0 Å². The maximum absolute atomic E-state index is 14.0. The van der Waals surface area contributed by atoms with Crippen LogP contribution < -0.4 is 4.72 Å². The van der Waals surface area contributed by atoms with Crippen LogP contribution in [-0.2, 0) is 10.0 Å². The summed E-state index contributed by atoms with van der Waals surface area (Å²) in [5.41, 5.74) is 2.15. The van der Waals surface area contributed by atoms with Crippen LogP contribution in [0.3, 0.4) is 0 Å². The molecule has 0 fully saturated rings. The molecular formula is C18H17FN2O2S2. The van der Waals surface area contributed by atoms with E-state index in [2.05, 4.69) is 9.71 Å². The molecule has 0 unspecified atom stereocenters. The fourth-order valence-electron chi connectivity index (χ4n) is 2.22. The van der Waals surface area contributed by atoms with Gasteiger partial charge >= 0.3 is 0 Å². The van der Waals surface area contributed by atoms with Crippen molar-refractivity contribution in [3.05, 3.63) is 59.7 Å². The summed E-state index contributed by atoms with van der Waals surface area (Å²) < 4.78 is 40.9. The summed E-state index contributed by atoms with van der Waals surface area (Å²) in [4.78, 5) is 4.49. The number of hydrogen-bond acceptors (Lipinski definition) is 4. The molecule has 0 atom stereocenters. The van der Waals surface area contributed by atoms with Crippen LogP contribution in [0.5, 0.6) is 0 Å². The van der Waals surface area contributed by atoms with E-state index in [1.165, 1.54) is 17.4 Å². The van der Waals surface area contributed by atoms with Gasteiger partial charge in [0, 0.05) is 16.5 Å². The zero-order chi connectivity index (χ0) is 18.0. The Morgan fingerprint density at radius 3 is 2.36 bits per heavy atom. The Kier molecular flexibility index (Phi) is 4.87. The lowest BCUT2D eigenvalue weighted by Crippen LogP contribution is -2.22. The van der Waals surface area contributed by atoms with Crippen molar-refractivity contribution < 1.29 is 12.8 Å². The highest BCUT2D eigenvalue weighted by Crippen LogP contribution is 2.34. The molecule has 0 aliphatic heterocycles. The summed E-state index contributed by atoms with van der Waals surface area (Å²) >= 11 is 1.32. The zero-order valence-electron chi connectivity index (χ0n) is 13.7. The number of benzene rings is 2. The smallest absolute Gasteiger partial charge is 0.235 e. The number of sulfonamides is 1. The van der Waals surface area contributed by atoms with Crippen LogP contribution in [0.25, 0.3) is 21.8 Å². The highest BCUT2D eigenvalue weighted by Gasteiger charge is 2.19. The number of nitrogens with one attached hydrogen (secondary N) is 1. The Morgan fingerprint density at radius 1 is 1.04 bits per heavy atom. The van der Waals surface area contributed by atoms with Gasteiger partial charge in [-0.25, -0.2) is 17.8 Å². The van der Waals surface area contributed by atoms with Gasteiger partial charge in [0.2, 0.25) is 10.0 Å². The highest BCUT2D eigenvalue weighted by molar-refractivity contribution is 7.93. The summed E-state index contributed by atoms with van der Waals surface area (Å²) in [6, 6.07) is 13.5. The Bertz CT molecular complexity index is 998. The Labute approximate surface area is 150 Å². The molecule has 0 amide bonds. The quantitative estimate of drug-likeness (QED) is 0.698. The molecule has 130 valence electrons. The van der Waals surface area contributed by atoms with Crippen molar-refractivity contribution in [3.63, 3.8) is 0 Å². The molecule has 0 spiro atoms. The lowest BCUT2D eigenvalue weighted by Gasteiger charge is -2.13. The van der Waals surface area contributed by atoms with Gasteiger partial charge in [-0.15, -0.1) is 11.3 Å². The molecule has 0 aliphatic rings. The van der Waals surface area contributed by atoms with Gasteiger partial charge in [0.15, 0.2) is 0 Å². The molecule has 25 heavy (non-hydrogen) atoms. The van der Waals surface area contributed by atoms with Gasteiger partial charge in [0.05, 0.1) is 16.6 Å². The van der Waals surface area contributed by atoms with Crippen LogP contribution in [0.2, 0.25) is 0 Å². The monoisotopic (exact) mass is 376 g/mol. The third kappa shape index (κ3) is 3.72. The molecule has 0 saturated heterocycles. The number of aromatic nitrogens is 1. The molecule has 0 radical (unpaired) electrons. The van der Waals surface area contributed by atoms with Crippen molar-refractivity contribution in [2.75, 3.05) is 4.72 Å². The maximum atomic E-state index is 14.0. The molecule has 7 heteroatoms. The van der Waals surface area contributed by atoms with E-state index < -0.39 is 15.3 Å². The SMILES string of the molecule is CC(C)S(=O)(=O)Nc1ccccc1-c1csc(-c2ccccc2F)n1. The third-order valence-corrected chi connectivity index (χ3v) is 6.31. The van der Waals surface area contributed by atoms with E-state index >= 15 is 0 Å². The van der Waals surface area contributed by atoms with Gasteiger partial charge in [0.1, 0.15) is 10.8 Å². The van der Waals surface area contributed by atoms with Crippen molar-refractivity contribution in [2.24, 2.45) is 0 Å². The fourth-order valence-corrected chi connectivity index (χ4v) is 3.79. The molecule has 3 aromatic rings. The molecule has 1 aromatic heterocycles. The molecule has 0 bridgehead atoms. The minimum atomic E-state index is -3.47. The summed E-state index contributed by atoms with van der Waals surface area (Å²) in [6.45, 7) is 3.23. The van der Waals surface area contributed by atoms with Crippen molar-refractivity contribution in [1.29, 1.82) is 0 Å². The van der Waals surface area contributed by atoms with Gasteiger partial charge < -0.3 is 0 Å². The highest BCUT2D eigenvalue weighted by atomic mass is 32.2. The summed E-state index contributed by atoms with van der Waals surface area (Å²) in [7, 11) is -3.47. The molecule has 1 heterocycles. The van der Waals surface area contributed by atoms with E-state index in [-0.39, 0.29) is 5.82 Å². The number of rotatable bonds is 5. The topological polar surface area (TPSA) is 59.1 Å². The summed E-state index contributed by atoms with van der Waals surface area (Å²) in [6.07, 6.45) is 0. The predicted molar refractivity (Wildman–Crippen MR) is 101 cm³/mol. The zero-order valence-corrected chi connectivity index (χ0v) is 15.4. The Balaban J connectivity index is 2.00. The normalized spacial score (nSPS) is 11.7. The van der Waals surface area contributed by atoms with Crippen molar-refractivity contribution in [1.82, 2.24) is 4.98 Å². The minimum absolute atomic E-state index is 0.336. The Hall–Kier alpha value is -2.25. The standard InChI is InChI=1S/C18H17FN2O2S2/c1-12(2)25(22,23)21-16-10-6-4-8-14(16)17-11-24-18(20-17)13-7-3-5-9-15(13)19/h3-12,21H,1-2H3. The molecule has 1 N–H and O–H groups in total. The van der Waals surface area contributed by atoms with E-state index in [4.69, 9.17) is 0 Å². The molecule has 4 nitrogen and oxygen atoms in total. The largest absolute Gasteiger partial charge is 0.283 e. The average molecular weight is 376 g/mol. The van der Waals surface area contributed by atoms with E-state index in [1.54, 1.807) is 55.6 Å². The van der Waals surface area contributed by atoms with Crippen LogP contribution in [0, 0.1) is 5.82 Å². The minimum Gasteiger partial charge on any atom is -0.283 e. The van der Waals surface area contributed by atoms with Crippen LogP contribution in [0.15, 0.2) is 53.9 Å². The summed E-state index contributed by atoms with van der Waals surface area (Å²) in [5.74, 6) is -0.336. The first-order chi connectivity index (χ1) is 11.9. The number of hydrogen-bond donors (Lipinski definition) is 1. The van der Waals surface area contributed by atoms with Gasteiger partial charge in [0.25, 0.3) is 0 Å². The van der Waals surface area contributed by atoms with Crippen LogP contribution in [-0.4, -0.2) is 18.7 Å². The lowest BCUT2D eigenvalue weighted by molar-refractivity contribution is 0.593. The van der Waals surface area contributed by atoms with Crippen LogP contribution >= 0.6 is 11.3 Å². The van der Waals surface area contributed by atoms with E-state index in [9.17, 15) is 12.8 Å². The second-order valence-electron chi connectivity index (χ2n) is 5.76. The second-order valence-corrected chi connectivity index (χ2v) is 8.85. The van der Waals surface area contributed by atoms with E-state index in [1.807, 2.05) is 6.07 Å². The first-order valence-electron chi connectivity index (χ1n) is 7.70. The first kappa shape index (κ1) is 17.6. The second kappa shape index (κ2) is 6.93. The number of nitrogens with zero attached hydrogens (tertiary/aromatic N) is 1. The Morgan fingerprint density at radius 2 is 1.68 bits per heavy atom. The third-order valence-electron chi connectivity index (χ3n) is 3.68. The fraction of sp³-hybridized carbons (Fsp3) is 0.167. The average Bonchev–Trinajstić information content (AvgIpc) is 3.05. The van der Waals surface area contributed by atoms with Gasteiger partial charge in [-0.3, -0.25) is 4.72 Å². The molecular weight excluding hydrogens is 359 g/mol. The molecule has 0 aliphatic carbocycles. The molecule has 0 saturated carbocycles. The molecule has 2 aromatic carbocycles. The van der Waals surface area contributed by atoms with Gasteiger partial charge in [-0.05, 0) is 32.0 Å².